The van der Waals surface area contributed by atoms with Crippen LogP contribution >= 0.6 is 0 Å². The molecule has 0 spiro atoms. The van der Waals surface area contributed by atoms with E-state index < -0.39 is 23.7 Å². The topological polar surface area (TPSA) is 75.6 Å². The number of carboxylic acids is 1. The third-order valence-electron chi connectivity index (χ3n) is 3.65. The second-order valence-corrected chi connectivity index (χ2v) is 6.83. The first-order valence-electron chi connectivity index (χ1n) is 7.87. The average molecular weight is 329 g/mol. The lowest BCUT2D eigenvalue weighted by atomic mass is 9.96. The maximum Gasteiger partial charge on any atom is 0.408 e. The second kappa shape index (κ2) is 6.91. The number of ether oxygens (including phenoxy) is 1. The number of aliphatic carboxylic acids is 1. The molecule has 5 nitrogen and oxygen atoms in total. The van der Waals surface area contributed by atoms with Crippen molar-refractivity contribution in [3.63, 3.8) is 0 Å². The number of rotatable bonds is 4. The van der Waals surface area contributed by atoms with Crippen molar-refractivity contribution in [3.8, 4) is 0 Å². The van der Waals surface area contributed by atoms with Gasteiger partial charge in [-0.1, -0.05) is 36.4 Å². The number of carboxylic acid groups (broad SMARTS) is 1. The predicted molar refractivity (Wildman–Crippen MR) is 93.2 cm³/mol. The van der Waals surface area contributed by atoms with Crippen LogP contribution < -0.4 is 5.32 Å². The Labute approximate surface area is 141 Å². The highest BCUT2D eigenvalue weighted by Crippen LogP contribution is 2.23. The Kier molecular flexibility index (Phi) is 5.12. The van der Waals surface area contributed by atoms with E-state index in [0.717, 1.165) is 21.9 Å². The molecule has 128 valence electrons. The van der Waals surface area contributed by atoms with Gasteiger partial charge in [-0.3, -0.25) is 0 Å². The third kappa shape index (κ3) is 4.47. The fourth-order valence-corrected chi connectivity index (χ4v) is 2.56. The van der Waals surface area contributed by atoms with Crippen LogP contribution in [0, 0.1) is 6.92 Å². The predicted octanol–water partition coefficient (Wildman–Crippen LogP) is 3.67. The molecule has 2 rings (SSSR count). The molecule has 0 fully saturated rings. The van der Waals surface area contributed by atoms with Gasteiger partial charge in [-0.2, -0.15) is 0 Å². The molecule has 2 aromatic rings. The van der Waals surface area contributed by atoms with Crippen molar-refractivity contribution >= 4 is 22.8 Å². The minimum atomic E-state index is -1.09. The number of aryl methyl sites for hydroxylation is 1. The molecule has 5 heteroatoms. The molecule has 1 amide bonds. The van der Waals surface area contributed by atoms with Crippen LogP contribution in [0.15, 0.2) is 36.4 Å². The largest absolute Gasteiger partial charge is 0.480 e. The molecule has 0 aromatic heterocycles. The van der Waals surface area contributed by atoms with E-state index in [1.54, 1.807) is 20.8 Å². The maximum atomic E-state index is 11.9. The summed E-state index contributed by atoms with van der Waals surface area (Å²) in [6, 6.07) is 10.7. The summed E-state index contributed by atoms with van der Waals surface area (Å²) in [5.74, 6) is -1.09. The maximum absolute atomic E-state index is 11.9. The molecule has 1 atom stereocenters. The molecule has 2 N–H and O–H groups in total. The van der Waals surface area contributed by atoms with E-state index in [9.17, 15) is 14.7 Å². The highest BCUT2D eigenvalue weighted by molar-refractivity contribution is 5.89. The minimum absolute atomic E-state index is 0.190. The van der Waals surface area contributed by atoms with E-state index in [0.29, 0.717) is 0 Å². The van der Waals surface area contributed by atoms with Gasteiger partial charge in [0, 0.05) is 6.42 Å². The molecule has 24 heavy (non-hydrogen) atoms. The lowest BCUT2D eigenvalue weighted by molar-refractivity contribution is -0.139. The van der Waals surface area contributed by atoms with Crippen molar-refractivity contribution in [3.05, 3.63) is 47.5 Å². The summed E-state index contributed by atoms with van der Waals surface area (Å²) in [5, 5.41) is 14.0. The van der Waals surface area contributed by atoms with Crippen molar-refractivity contribution in [1.82, 2.24) is 5.32 Å². The standard InChI is InChI=1S/C19H23NO4/c1-12-9-10-13(15-8-6-5-7-14(12)15)11-16(17(21)22)20-18(23)24-19(2,3)4/h5-10,16H,11H2,1-4H3,(H,20,23)(H,21,22)/t16-/m0/s1. The molecule has 0 bridgehead atoms. The zero-order valence-corrected chi connectivity index (χ0v) is 14.4. The van der Waals surface area contributed by atoms with E-state index >= 15 is 0 Å². The van der Waals surface area contributed by atoms with Gasteiger partial charge in [0.1, 0.15) is 11.6 Å². The zero-order chi connectivity index (χ0) is 17.9. The van der Waals surface area contributed by atoms with Crippen LogP contribution in [0.2, 0.25) is 0 Å². The third-order valence-corrected chi connectivity index (χ3v) is 3.65. The Hall–Kier alpha value is -2.56. The second-order valence-electron chi connectivity index (χ2n) is 6.83. The van der Waals surface area contributed by atoms with Gasteiger partial charge in [-0.25, -0.2) is 9.59 Å². The first kappa shape index (κ1) is 17.8. The summed E-state index contributed by atoms with van der Waals surface area (Å²) in [6.07, 6.45) is -0.540. The SMILES string of the molecule is Cc1ccc(C[C@H](NC(=O)OC(C)(C)C)C(=O)O)c2ccccc12. The van der Waals surface area contributed by atoms with Gasteiger partial charge in [0.05, 0.1) is 0 Å². The first-order chi connectivity index (χ1) is 11.2. The van der Waals surface area contributed by atoms with Crippen LogP contribution in [0.25, 0.3) is 10.8 Å². The molecule has 0 radical (unpaired) electrons. The van der Waals surface area contributed by atoms with Gasteiger partial charge in [0.15, 0.2) is 0 Å². The molecule has 0 heterocycles. The van der Waals surface area contributed by atoms with E-state index in [4.69, 9.17) is 4.74 Å². The van der Waals surface area contributed by atoms with Crippen molar-refractivity contribution in [1.29, 1.82) is 0 Å². The molecule has 0 saturated heterocycles. The van der Waals surface area contributed by atoms with Crippen LogP contribution in [0.4, 0.5) is 4.79 Å². The van der Waals surface area contributed by atoms with E-state index in [1.165, 1.54) is 0 Å². The summed E-state index contributed by atoms with van der Waals surface area (Å²) in [6.45, 7) is 7.21. The van der Waals surface area contributed by atoms with Gasteiger partial charge >= 0.3 is 12.1 Å². The Morgan fingerprint density at radius 1 is 1.12 bits per heavy atom. The van der Waals surface area contributed by atoms with Gasteiger partial charge in [0.2, 0.25) is 0 Å². The van der Waals surface area contributed by atoms with Gasteiger partial charge in [0.25, 0.3) is 0 Å². The quantitative estimate of drug-likeness (QED) is 0.897. The molecule has 0 aliphatic carbocycles. The van der Waals surface area contributed by atoms with Crippen molar-refractivity contribution in [2.45, 2.75) is 45.8 Å². The zero-order valence-electron chi connectivity index (χ0n) is 14.4. The number of fused-ring (bicyclic) bond motifs is 1. The Balaban J connectivity index is 2.24. The minimum Gasteiger partial charge on any atom is -0.480 e. The number of benzene rings is 2. The normalized spacial score (nSPS) is 12.7. The molecule has 2 aromatic carbocycles. The van der Waals surface area contributed by atoms with Crippen LogP contribution in [-0.2, 0) is 16.0 Å². The number of alkyl carbamates (subject to hydrolysis) is 1. The molecule has 0 aliphatic heterocycles. The number of carbonyl (C=O) groups excluding carboxylic acids is 1. The van der Waals surface area contributed by atoms with E-state index in [-0.39, 0.29) is 6.42 Å². The monoisotopic (exact) mass is 329 g/mol. The van der Waals surface area contributed by atoms with Crippen LogP contribution in [0.3, 0.4) is 0 Å². The van der Waals surface area contributed by atoms with Gasteiger partial charge < -0.3 is 15.2 Å². The average Bonchev–Trinajstić information content (AvgIpc) is 2.47. The fourth-order valence-electron chi connectivity index (χ4n) is 2.56. The summed E-state index contributed by atoms with van der Waals surface area (Å²) in [5.41, 5.74) is 1.32. The summed E-state index contributed by atoms with van der Waals surface area (Å²) in [4.78, 5) is 23.4. The van der Waals surface area contributed by atoms with E-state index in [1.807, 2.05) is 43.3 Å². The lowest BCUT2D eigenvalue weighted by Gasteiger charge is -2.22. The van der Waals surface area contributed by atoms with Gasteiger partial charge in [-0.05, 0) is 49.6 Å². The lowest BCUT2D eigenvalue weighted by Crippen LogP contribution is -2.44. The summed E-state index contributed by atoms with van der Waals surface area (Å²) in [7, 11) is 0. The smallest absolute Gasteiger partial charge is 0.408 e. The molecular weight excluding hydrogens is 306 g/mol. The fraction of sp³-hybridized carbons (Fsp3) is 0.368. The van der Waals surface area contributed by atoms with Crippen LogP contribution in [0.1, 0.15) is 31.9 Å². The highest BCUT2D eigenvalue weighted by atomic mass is 16.6. The van der Waals surface area contributed by atoms with Crippen LogP contribution in [-0.4, -0.2) is 28.8 Å². The number of hydrogen-bond donors (Lipinski definition) is 2. The van der Waals surface area contributed by atoms with Gasteiger partial charge in [-0.15, -0.1) is 0 Å². The Morgan fingerprint density at radius 2 is 1.75 bits per heavy atom. The van der Waals surface area contributed by atoms with Crippen molar-refractivity contribution < 1.29 is 19.4 Å². The van der Waals surface area contributed by atoms with Crippen molar-refractivity contribution in [2.75, 3.05) is 0 Å². The van der Waals surface area contributed by atoms with Crippen molar-refractivity contribution in [2.24, 2.45) is 0 Å². The number of nitrogens with one attached hydrogen (secondary N) is 1. The molecule has 0 saturated carbocycles. The van der Waals surface area contributed by atoms with E-state index in [2.05, 4.69) is 5.32 Å². The molecule has 0 aliphatic rings. The Bertz CT molecular complexity index is 762. The molecular formula is C19H23NO4. The highest BCUT2D eigenvalue weighted by Gasteiger charge is 2.24. The number of carbonyl (C=O) groups is 2. The molecule has 0 unspecified atom stereocenters. The Morgan fingerprint density at radius 3 is 2.33 bits per heavy atom. The summed E-state index contributed by atoms with van der Waals surface area (Å²) < 4.78 is 5.15. The number of hydrogen-bond acceptors (Lipinski definition) is 3. The number of amides is 1. The first-order valence-corrected chi connectivity index (χ1v) is 7.87. The van der Waals surface area contributed by atoms with Crippen LogP contribution in [0.5, 0.6) is 0 Å². The summed E-state index contributed by atoms with van der Waals surface area (Å²) >= 11 is 0.